The van der Waals surface area contributed by atoms with Gasteiger partial charge in [-0.3, -0.25) is 4.90 Å². The van der Waals surface area contributed by atoms with E-state index in [1.807, 2.05) is 0 Å². The van der Waals surface area contributed by atoms with E-state index < -0.39 is 0 Å². The molecule has 1 aromatic carbocycles. The Bertz CT molecular complexity index is 437. The Labute approximate surface area is 129 Å². The number of rotatable bonds is 6. The van der Waals surface area contributed by atoms with Crippen LogP contribution in [0, 0.1) is 0 Å². The number of piperazine rings is 1. The first-order valence-corrected chi connectivity index (χ1v) is 8.26. The van der Waals surface area contributed by atoms with Crippen molar-refractivity contribution in [2.24, 2.45) is 0 Å². The van der Waals surface area contributed by atoms with Gasteiger partial charge < -0.3 is 9.64 Å². The molecule has 1 saturated heterocycles. The highest BCUT2D eigenvalue weighted by Crippen LogP contribution is 2.24. The highest BCUT2D eigenvalue weighted by Gasteiger charge is 2.13. The standard InChI is InChI=1S/C18H30N2O/c1-5-16-14-17(6-7-18(16)15(2)3)21-13-12-20-10-8-19(4)9-11-20/h6-7,14-15H,5,8-13H2,1-4H3. The number of nitrogens with zero attached hydrogens (tertiary/aromatic N) is 2. The molecule has 0 unspecified atom stereocenters. The summed E-state index contributed by atoms with van der Waals surface area (Å²) in [5.41, 5.74) is 2.87. The van der Waals surface area contributed by atoms with Crippen LogP contribution >= 0.6 is 0 Å². The van der Waals surface area contributed by atoms with E-state index in [1.54, 1.807) is 0 Å². The first-order chi connectivity index (χ1) is 10.1. The largest absolute Gasteiger partial charge is 0.492 e. The average molecular weight is 290 g/mol. The van der Waals surface area contributed by atoms with E-state index in [4.69, 9.17) is 4.74 Å². The number of benzene rings is 1. The highest BCUT2D eigenvalue weighted by atomic mass is 16.5. The van der Waals surface area contributed by atoms with Crippen molar-refractivity contribution in [3.8, 4) is 5.75 Å². The molecule has 0 spiro atoms. The highest BCUT2D eigenvalue weighted by molar-refractivity contribution is 5.37. The molecule has 3 heteroatoms. The van der Waals surface area contributed by atoms with E-state index in [-0.39, 0.29) is 0 Å². The van der Waals surface area contributed by atoms with E-state index in [1.165, 1.54) is 24.2 Å². The number of aryl methyl sites for hydroxylation is 1. The Morgan fingerprint density at radius 3 is 2.48 bits per heavy atom. The van der Waals surface area contributed by atoms with Crippen LogP contribution in [0.25, 0.3) is 0 Å². The van der Waals surface area contributed by atoms with Crippen LogP contribution in [0.1, 0.15) is 37.8 Å². The van der Waals surface area contributed by atoms with E-state index in [2.05, 4.69) is 55.8 Å². The van der Waals surface area contributed by atoms with Crippen LogP contribution in [-0.4, -0.2) is 56.2 Å². The lowest BCUT2D eigenvalue weighted by atomic mass is 9.95. The summed E-state index contributed by atoms with van der Waals surface area (Å²) in [6.45, 7) is 13.2. The maximum atomic E-state index is 5.96. The molecule has 3 nitrogen and oxygen atoms in total. The van der Waals surface area contributed by atoms with Crippen LogP contribution in [0.5, 0.6) is 5.75 Å². The van der Waals surface area contributed by atoms with Gasteiger partial charge in [-0.2, -0.15) is 0 Å². The molecule has 0 atom stereocenters. The van der Waals surface area contributed by atoms with Crippen LogP contribution in [-0.2, 0) is 6.42 Å². The third kappa shape index (κ3) is 4.72. The van der Waals surface area contributed by atoms with E-state index >= 15 is 0 Å². The Kier molecular flexibility index (Phi) is 6.07. The minimum Gasteiger partial charge on any atom is -0.492 e. The molecule has 0 radical (unpaired) electrons. The van der Waals surface area contributed by atoms with Crippen LogP contribution in [0.2, 0.25) is 0 Å². The van der Waals surface area contributed by atoms with Gasteiger partial charge in [0.25, 0.3) is 0 Å². The SMILES string of the molecule is CCc1cc(OCCN2CCN(C)CC2)ccc1C(C)C. The van der Waals surface area contributed by atoms with Gasteiger partial charge in [0.05, 0.1) is 0 Å². The third-order valence-corrected chi connectivity index (χ3v) is 4.39. The number of hydrogen-bond donors (Lipinski definition) is 0. The summed E-state index contributed by atoms with van der Waals surface area (Å²) in [6, 6.07) is 6.58. The van der Waals surface area contributed by atoms with Crippen molar-refractivity contribution >= 4 is 0 Å². The molecule has 21 heavy (non-hydrogen) atoms. The van der Waals surface area contributed by atoms with Crippen molar-refractivity contribution in [3.63, 3.8) is 0 Å². The summed E-state index contributed by atoms with van der Waals surface area (Å²) in [6.07, 6.45) is 1.07. The van der Waals surface area contributed by atoms with E-state index in [0.717, 1.165) is 38.4 Å². The molecule has 118 valence electrons. The number of hydrogen-bond acceptors (Lipinski definition) is 3. The smallest absolute Gasteiger partial charge is 0.119 e. The lowest BCUT2D eigenvalue weighted by molar-refractivity contribution is 0.133. The Morgan fingerprint density at radius 1 is 1.14 bits per heavy atom. The third-order valence-electron chi connectivity index (χ3n) is 4.39. The molecule has 1 heterocycles. The zero-order chi connectivity index (χ0) is 15.2. The molecule has 0 aromatic heterocycles. The van der Waals surface area contributed by atoms with Crippen LogP contribution in [0.4, 0.5) is 0 Å². The Hall–Kier alpha value is -1.06. The first kappa shape index (κ1) is 16.3. The van der Waals surface area contributed by atoms with Gasteiger partial charge in [0, 0.05) is 32.7 Å². The molecule has 0 aliphatic carbocycles. The lowest BCUT2D eigenvalue weighted by Gasteiger charge is -2.32. The van der Waals surface area contributed by atoms with E-state index in [0.29, 0.717) is 5.92 Å². The molecule has 0 amide bonds. The van der Waals surface area contributed by atoms with Gasteiger partial charge in [-0.25, -0.2) is 0 Å². The minimum atomic E-state index is 0.583. The minimum absolute atomic E-state index is 0.583. The van der Waals surface area contributed by atoms with Crippen molar-refractivity contribution in [3.05, 3.63) is 29.3 Å². The molecule has 1 aliphatic heterocycles. The van der Waals surface area contributed by atoms with Gasteiger partial charge in [-0.1, -0.05) is 26.8 Å². The fourth-order valence-electron chi connectivity index (χ4n) is 2.91. The second-order valence-corrected chi connectivity index (χ2v) is 6.36. The van der Waals surface area contributed by atoms with Crippen molar-refractivity contribution < 1.29 is 4.74 Å². The fourth-order valence-corrected chi connectivity index (χ4v) is 2.91. The molecular weight excluding hydrogens is 260 g/mol. The van der Waals surface area contributed by atoms with Crippen molar-refractivity contribution in [2.45, 2.75) is 33.1 Å². The van der Waals surface area contributed by atoms with Gasteiger partial charge in [-0.05, 0) is 42.6 Å². The zero-order valence-corrected chi connectivity index (χ0v) is 14.1. The van der Waals surface area contributed by atoms with Gasteiger partial charge >= 0.3 is 0 Å². The molecular formula is C18H30N2O. The van der Waals surface area contributed by atoms with Crippen LogP contribution in [0.3, 0.4) is 0 Å². The Morgan fingerprint density at radius 2 is 1.86 bits per heavy atom. The number of likely N-dealkylation sites (N-methyl/N-ethyl adjacent to an activating group) is 1. The molecule has 2 rings (SSSR count). The van der Waals surface area contributed by atoms with Crippen molar-refractivity contribution in [1.29, 1.82) is 0 Å². The summed E-state index contributed by atoms with van der Waals surface area (Å²) in [5, 5.41) is 0. The maximum absolute atomic E-state index is 5.96. The normalized spacial score (nSPS) is 17.4. The second-order valence-electron chi connectivity index (χ2n) is 6.36. The first-order valence-electron chi connectivity index (χ1n) is 8.26. The fraction of sp³-hybridized carbons (Fsp3) is 0.667. The van der Waals surface area contributed by atoms with Gasteiger partial charge in [0.1, 0.15) is 12.4 Å². The van der Waals surface area contributed by atoms with Crippen LogP contribution in [0.15, 0.2) is 18.2 Å². The number of ether oxygens (including phenoxy) is 1. The summed E-state index contributed by atoms with van der Waals surface area (Å²) >= 11 is 0. The molecule has 1 aliphatic rings. The van der Waals surface area contributed by atoms with Crippen molar-refractivity contribution in [1.82, 2.24) is 9.80 Å². The quantitative estimate of drug-likeness (QED) is 0.801. The average Bonchev–Trinajstić information content (AvgIpc) is 2.49. The van der Waals surface area contributed by atoms with Crippen molar-refractivity contribution in [2.75, 3.05) is 46.4 Å². The zero-order valence-electron chi connectivity index (χ0n) is 14.1. The molecule has 1 fully saturated rings. The van der Waals surface area contributed by atoms with Gasteiger partial charge in [0.15, 0.2) is 0 Å². The summed E-state index contributed by atoms with van der Waals surface area (Å²) in [7, 11) is 2.19. The summed E-state index contributed by atoms with van der Waals surface area (Å²) in [4.78, 5) is 4.87. The second kappa shape index (κ2) is 7.81. The molecule has 0 bridgehead atoms. The summed E-state index contributed by atoms with van der Waals surface area (Å²) < 4.78 is 5.96. The van der Waals surface area contributed by atoms with Crippen LogP contribution < -0.4 is 4.74 Å². The molecule has 0 N–H and O–H groups in total. The van der Waals surface area contributed by atoms with Gasteiger partial charge in [-0.15, -0.1) is 0 Å². The predicted molar refractivity (Wildman–Crippen MR) is 89.3 cm³/mol. The summed E-state index contributed by atoms with van der Waals surface area (Å²) in [5.74, 6) is 1.60. The molecule has 0 saturated carbocycles. The van der Waals surface area contributed by atoms with Gasteiger partial charge in [0.2, 0.25) is 0 Å². The Balaban J connectivity index is 1.83. The topological polar surface area (TPSA) is 15.7 Å². The van der Waals surface area contributed by atoms with E-state index in [9.17, 15) is 0 Å². The maximum Gasteiger partial charge on any atom is 0.119 e. The molecule has 1 aromatic rings. The monoisotopic (exact) mass is 290 g/mol. The lowest BCUT2D eigenvalue weighted by Crippen LogP contribution is -2.45. The predicted octanol–water partition coefficient (Wildman–Crippen LogP) is 3.00.